The van der Waals surface area contributed by atoms with Crippen LogP contribution < -0.4 is 10.6 Å². The van der Waals surface area contributed by atoms with Crippen LogP contribution in [0.15, 0.2) is 6.33 Å². The lowest BCUT2D eigenvalue weighted by Crippen LogP contribution is -2.45. The highest BCUT2D eigenvalue weighted by molar-refractivity contribution is 7.20. The number of anilines is 1. The van der Waals surface area contributed by atoms with Gasteiger partial charge >= 0.3 is 0 Å². The van der Waals surface area contributed by atoms with E-state index in [1.165, 1.54) is 11.3 Å². The molecule has 1 aliphatic heterocycles. The summed E-state index contributed by atoms with van der Waals surface area (Å²) in [4.78, 5) is 25.3. The van der Waals surface area contributed by atoms with E-state index in [4.69, 9.17) is 4.74 Å². The van der Waals surface area contributed by atoms with Gasteiger partial charge in [-0.15, -0.1) is 11.3 Å². The van der Waals surface area contributed by atoms with Crippen LogP contribution in [0.5, 0.6) is 0 Å². The first-order valence-corrected chi connectivity index (χ1v) is 10.2. The molecule has 0 aliphatic carbocycles. The van der Waals surface area contributed by atoms with E-state index in [0.717, 1.165) is 47.5 Å². The normalized spacial score (nSPS) is 19.4. The standard InChI is InChI=1S/C19H29N5O2S/c1-12-14-16(20-7-8-24(4)5)21-11-22-18(14)27-15(12)17(25)23-13-6-9-26-19(2,3)10-13/h11,13H,6-10H2,1-5H3,(H,23,25)(H,20,21,22)/t13-/m1/s1. The maximum absolute atomic E-state index is 12.9. The molecule has 0 spiro atoms. The number of carbonyl (C=O) groups is 1. The number of hydrogen-bond acceptors (Lipinski definition) is 7. The van der Waals surface area contributed by atoms with Crippen molar-refractivity contribution in [3.05, 3.63) is 16.8 Å². The first-order chi connectivity index (χ1) is 12.8. The van der Waals surface area contributed by atoms with Gasteiger partial charge in [-0.3, -0.25) is 4.79 Å². The summed E-state index contributed by atoms with van der Waals surface area (Å²) in [5.41, 5.74) is 0.743. The first kappa shape index (κ1) is 20.0. The van der Waals surface area contributed by atoms with Crippen LogP contribution in [0.3, 0.4) is 0 Å². The van der Waals surface area contributed by atoms with Crippen molar-refractivity contribution in [3.8, 4) is 0 Å². The van der Waals surface area contributed by atoms with Gasteiger partial charge in [0.25, 0.3) is 5.91 Å². The molecule has 1 saturated heterocycles. The Bertz CT molecular complexity index is 818. The minimum absolute atomic E-state index is 0.0301. The van der Waals surface area contributed by atoms with E-state index in [0.29, 0.717) is 11.5 Å². The highest BCUT2D eigenvalue weighted by Gasteiger charge is 2.30. The maximum atomic E-state index is 12.9. The zero-order valence-electron chi connectivity index (χ0n) is 16.8. The first-order valence-electron chi connectivity index (χ1n) is 9.34. The zero-order chi connectivity index (χ0) is 19.6. The fraction of sp³-hybridized carbons (Fsp3) is 0.632. The Balaban J connectivity index is 1.78. The SMILES string of the molecule is Cc1c(C(=O)N[C@@H]2CCOC(C)(C)C2)sc2ncnc(NCCN(C)C)c12. The molecule has 0 radical (unpaired) electrons. The Labute approximate surface area is 164 Å². The van der Waals surface area contributed by atoms with Crippen LogP contribution in [0.2, 0.25) is 0 Å². The summed E-state index contributed by atoms with van der Waals surface area (Å²) in [6.45, 7) is 8.47. The number of nitrogens with zero attached hydrogens (tertiary/aromatic N) is 3. The van der Waals surface area contributed by atoms with Gasteiger partial charge in [-0.05, 0) is 53.3 Å². The van der Waals surface area contributed by atoms with E-state index in [9.17, 15) is 4.79 Å². The van der Waals surface area contributed by atoms with E-state index in [1.54, 1.807) is 6.33 Å². The topological polar surface area (TPSA) is 79.4 Å². The van der Waals surface area contributed by atoms with Crippen molar-refractivity contribution in [1.82, 2.24) is 20.2 Å². The number of nitrogens with one attached hydrogen (secondary N) is 2. The molecular formula is C19H29N5O2S. The molecule has 0 unspecified atom stereocenters. The fourth-order valence-corrected chi connectivity index (χ4v) is 4.48. The van der Waals surface area contributed by atoms with Crippen molar-refractivity contribution in [2.75, 3.05) is 39.1 Å². The molecule has 1 fully saturated rings. The average Bonchev–Trinajstić information content (AvgIpc) is 2.91. The van der Waals surface area contributed by atoms with Gasteiger partial charge in [-0.2, -0.15) is 0 Å². The predicted molar refractivity (Wildman–Crippen MR) is 110 cm³/mol. The second-order valence-electron chi connectivity index (χ2n) is 7.96. The van der Waals surface area contributed by atoms with Crippen LogP contribution in [0.1, 0.15) is 41.9 Å². The third kappa shape index (κ3) is 4.75. The monoisotopic (exact) mass is 391 g/mol. The van der Waals surface area contributed by atoms with Gasteiger partial charge in [0.15, 0.2) is 0 Å². The molecule has 1 atom stereocenters. The Kier molecular flexibility index (Phi) is 5.98. The molecule has 8 heteroatoms. The molecule has 2 aromatic rings. The molecular weight excluding hydrogens is 362 g/mol. The quantitative estimate of drug-likeness (QED) is 0.788. The van der Waals surface area contributed by atoms with E-state index in [2.05, 4.69) is 39.3 Å². The maximum Gasteiger partial charge on any atom is 0.261 e. The van der Waals surface area contributed by atoms with E-state index in [1.807, 2.05) is 21.0 Å². The lowest BCUT2D eigenvalue weighted by atomic mass is 9.94. The van der Waals surface area contributed by atoms with Gasteiger partial charge in [0.2, 0.25) is 0 Å². The van der Waals surface area contributed by atoms with Gasteiger partial charge in [0.1, 0.15) is 17.0 Å². The van der Waals surface area contributed by atoms with Crippen molar-refractivity contribution in [3.63, 3.8) is 0 Å². The summed E-state index contributed by atoms with van der Waals surface area (Å²) in [5.74, 6) is 0.763. The average molecular weight is 392 g/mol. The number of amides is 1. The smallest absolute Gasteiger partial charge is 0.261 e. The third-order valence-corrected chi connectivity index (χ3v) is 6.02. The van der Waals surface area contributed by atoms with Crippen molar-refractivity contribution < 1.29 is 9.53 Å². The lowest BCUT2D eigenvalue weighted by Gasteiger charge is -2.35. The summed E-state index contributed by atoms with van der Waals surface area (Å²) in [6.07, 6.45) is 3.22. The van der Waals surface area contributed by atoms with Gasteiger partial charge in [0.05, 0.1) is 15.9 Å². The molecule has 2 N–H and O–H groups in total. The molecule has 7 nitrogen and oxygen atoms in total. The lowest BCUT2D eigenvalue weighted by molar-refractivity contribution is -0.0615. The number of ether oxygens (including phenoxy) is 1. The number of hydrogen-bond donors (Lipinski definition) is 2. The van der Waals surface area contributed by atoms with Crippen molar-refractivity contribution >= 4 is 33.3 Å². The Hall–Kier alpha value is -1.77. The van der Waals surface area contributed by atoms with Gasteiger partial charge in [-0.1, -0.05) is 0 Å². The summed E-state index contributed by atoms with van der Waals surface area (Å²) in [6, 6.07) is 0.134. The second kappa shape index (κ2) is 8.08. The molecule has 0 bridgehead atoms. The summed E-state index contributed by atoms with van der Waals surface area (Å²) in [5, 5.41) is 7.50. The van der Waals surface area contributed by atoms with Crippen molar-refractivity contribution in [2.24, 2.45) is 0 Å². The molecule has 0 saturated carbocycles. The number of aromatic nitrogens is 2. The van der Waals surface area contributed by atoms with Crippen LogP contribution in [-0.4, -0.2) is 66.2 Å². The fourth-order valence-electron chi connectivity index (χ4n) is 3.43. The van der Waals surface area contributed by atoms with Gasteiger partial charge in [-0.25, -0.2) is 9.97 Å². The van der Waals surface area contributed by atoms with Crippen LogP contribution in [0, 0.1) is 6.92 Å². The van der Waals surface area contributed by atoms with Crippen molar-refractivity contribution in [1.29, 1.82) is 0 Å². The molecule has 148 valence electrons. The summed E-state index contributed by atoms with van der Waals surface area (Å²) in [7, 11) is 4.07. The molecule has 1 amide bonds. The van der Waals surface area contributed by atoms with Crippen LogP contribution in [-0.2, 0) is 4.74 Å². The molecule has 1 aliphatic rings. The molecule has 2 aromatic heterocycles. The summed E-state index contributed by atoms with van der Waals surface area (Å²) >= 11 is 1.43. The number of rotatable bonds is 6. The van der Waals surface area contributed by atoms with E-state index >= 15 is 0 Å². The van der Waals surface area contributed by atoms with Crippen LogP contribution in [0.25, 0.3) is 10.2 Å². The Morgan fingerprint density at radius 1 is 1.41 bits per heavy atom. The van der Waals surface area contributed by atoms with Crippen molar-refractivity contribution in [2.45, 2.75) is 45.3 Å². The molecule has 3 heterocycles. The van der Waals surface area contributed by atoms with E-state index in [-0.39, 0.29) is 17.6 Å². The van der Waals surface area contributed by atoms with Gasteiger partial charge in [0, 0.05) is 25.7 Å². The number of thiophene rings is 1. The molecule has 0 aromatic carbocycles. The predicted octanol–water partition coefficient (Wildman–Crippen LogP) is 2.66. The molecule has 3 rings (SSSR count). The van der Waals surface area contributed by atoms with Crippen LogP contribution >= 0.6 is 11.3 Å². The third-order valence-electron chi connectivity index (χ3n) is 4.82. The highest BCUT2D eigenvalue weighted by atomic mass is 32.1. The second-order valence-corrected chi connectivity index (χ2v) is 8.96. The number of carbonyl (C=O) groups excluding carboxylic acids is 1. The Morgan fingerprint density at radius 2 is 2.19 bits per heavy atom. The number of aryl methyl sites for hydroxylation is 1. The number of likely N-dealkylation sites (N-methyl/N-ethyl adjacent to an activating group) is 1. The minimum atomic E-state index is -0.194. The summed E-state index contributed by atoms with van der Waals surface area (Å²) < 4.78 is 5.75. The molecule has 27 heavy (non-hydrogen) atoms. The number of fused-ring (bicyclic) bond motifs is 1. The van der Waals surface area contributed by atoms with E-state index < -0.39 is 0 Å². The zero-order valence-corrected chi connectivity index (χ0v) is 17.6. The minimum Gasteiger partial charge on any atom is -0.375 e. The Morgan fingerprint density at radius 3 is 2.89 bits per heavy atom. The van der Waals surface area contributed by atoms with Crippen LogP contribution in [0.4, 0.5) is 5.82 Å². The van der Waals surface area contributed by atoms with Gasteiger partial charge < -0.3 is 20.3 Å². The highest BCUT2D eigenvalue weighted by Crippen LogP contribution is 2.33. The largest absolute Gasteiger partial charge is 0.375 e.